The number of aliphatic hydroxyl groups excluding tert-OH is 2. The molecule has 2 heterocycles. The van der Waals surface area contributed by atoms with Gasteiger partial charge in [-0.2, -0.15) is 0 Å². The highest BCUT2D eigenvalue weighted by atomic mass is 32.1. The van der Waals surface area contributed by atoms with Gasteiger partial charge in [-0.1, -0.05) is 44.6 Å². The molecule has 1 aliphatic heterocycles. The van der Waals surface area contributed by atoms with E-state index in [1.807, 2.05) is 57.4 Å². The van der Waals surface area contributed by atoms with Crippen LogP contribution in [-0.2, 0) is 14.3 Å². The Labute approximate surface area is 201 Å². The molecule has 1 aliphatic rings. The molecule has 0 radical (unpaired) electrons. The van der Waals surface area contributed by atoms with Crippen molar-refractivity contribution >= 4 is 29.2 Å². The van der Waals surface area contributed by atoms with Crippen LogP contribution in [-0.4, -0.2) is 45.3 Å². The van der Waals surface area contributed by atoms with Crippen molar-refractivity contribution < 1.29 is 24.5 Å². The first-order valence-electron chi connectivity index (χ1n) is 11.4. The number of aliphatic hydroxyl groups is 2. The zero-order valence-corrected chi connectivity index (χ0v) is 21.3. The molecular weight excluding hydrogens is 438 g/mol. The number of aromatic nitrogens is 1. The summed E-state index contributed by atoms with van der Waals surface area (Å²) in [6.45, 7) is 10.9. The number of ether oxygens (including phenoxy) is 1. The van der Waals surface area contributed by atoms with Crippen LogP contribution in [0.3, 0.4) is 0 Å². The summed E-state index contributed by atoms with van der Waals surface area (Å²) in [4.78, 5) is 30.0. The first-order chi connectivity index (χ1) is 15.4. The fourth-order valence-corrected chi connectivity index (χ4v) is 4.12. The van der Waals surface area contributed by atoms with Gasteiger partial charge in [0.1, 0.15) is 11.9 Å². The second-order valence-electron chi connectivity index (χ2n) is 9.59. The number of aryl methyl sites for hydroxylation is 1. The van der Waals surface area contributed by atoms with Gasteiger partial charge in [0.25, 0.3) is 0 Å². The van der Waals surface area contributed by atoms with Crippen LogP contribution in [0.4, 0.5) is 0 Å². The van der Waals surface area contributed by atoms with Crippen molar-refractivity contribution in [3.8, 4) is 0 Å². The third-order valence-corrected chi connectivity index (χ3v) is 7.09. The molecule has 0 saturated heterocycles. The molecule has 7 heteroatoms. The van der Waals surface area contributed by atoms with Gasteiger partial charge < -0.3 is 14.9 Å². The molecule has 4 atom stereocenters. The largest absolute Gasteiger partial charge is 0.457 e. The van der Waals surface area contributed by atoms with Gasteiger partial charge in [-0.15, -0.1) is 11.3 Å². The number of thiazole rings is 1. The van der Waals surface area contributed by atoms with Crippen molar-refractivity contribution in [3.63, 3.8) is 0 Å². The van der Waals surface area contributed by atoms with E-state index < -0.39 is 29.7 Å². The minimum Gasteiger partial charge on any atom is -0.457 e. The van der Waals surface area contributed by atoms with Gasteiger partial charge in [-0.3, -0.25) is 9.59 Å². The fourth-order valence-electron chi connectivity index (χ4n) is 3.55. The predicted molar refractivity (Wildman–Crippen MR) is 132 cm³/mol. The number of nitrogens with zero attached hydrogens (tertiary/aromatic N) is 1. The first kappa shape index (κ1) is 27.2. The fraction of sp³-hybridized carbons (Fsp3) is 0.577. The molecule has 0 spiro atoms. The second kappa shape index (κ2) is 11.9. The monoisotopic (exact) mass is 475 g/mol. The zero-order valence-electron chi connectivity index (χ0n) is 20.5. The standard InChI is InChI=1S/C26H37NO5S/c1-16-8-7-9-17(2)21(28)13-23(29)26(5,6)24(30)14-25(31)32-22(11-10-16)18(3)12-20-15-33-19(4)27-20/h7-8,10,12,15,17,21-22,24,28,30H,9,11,13-14H2,1-6H3/b8-7+,16-10-,18-12+/t17-,21+,22-,24-/m0/s1. The third-order valence-electron chi connectivity index (χ3n) is 6.30. The lowest BCUT2D eigenvalue weighted by Gasteiger charge is -2.31. The van der Waals surface area contributed by atoms with Gasteiger partial charge in [-0.05, 0) is 44.8 Å². The lowest BCUT2D eigenvalue weighted by atomic mass is 9.77. The number of hydrogen-bond donors (Lipinski definition) is 2. The van der Waals surface area contributed by atoms with E-state index in [-0.39, 0.29) is 24.5 Å². The number of carbonyl (C=O) groups excluding carboxylic acids is 2. The summed E-state index contributed by atoms with van der Waals surface area (Å²) in [7, 11) is 0. The average molecular weight is 476 g/mol. The molecule has 0 saturated carbocycles. The highest BCUT2D eigenvalue weighted by Gasteiger charge is 2.38. The Hall–Kier alpha value is -2.09. The van der Waals surface area contributed by atoms with Crippen LogP contribution in [0.1, 0.15) is 71.0 Å². The van der Waals surface area contributed by atoms with E-state index in [2.05, 4.69) is 4.98 Å². The van der Waals surface area contributed by atoms with Crippen molar-refractivity contribution in [1.82, 2.24) is 4.98 Å². The molecule has 0 bridgehead atoms. The maximum absolute atomic E-state index is 12.8. The van der Waals surface area contributed by atoms with E-state index >= 15 is 0 Å². The number of ketones is 1. The Morgan fingerprint density at radius 1 is 1.21 bits per heavy atom. The minimum absolute atomic E-state index is 0.0690. The van der Waals surface area contributed by atoms with Crippen molar-refractivity contribution in [2.75, 3.05) is 0 Å². The SMILES string of the molecule is CC1=C/C[C@@H](/C(C)=C/c2csc(C)n2)OC(=O)C[C@H](O)C(C)(C)C(=O)C[C@@H](O)[C@@H](C)C\C=C\1. The van der Waals surface area contributed by atoms with Gasteiger partial charge in [0, 0.05) is 23.6 Å². The molecule has 0 fully saturated rings. The lowest BCUT2D eigenvalue weighted by molar-refractivity contribution is -0.153. The van der Waals surface area contributed by atoms with Crippen LogP contribution in [0.15, 0.2) is 34.8 Å². The van der Waals surface area contributed by atoms with E-state index in [1.165, 1.54) is 0 Å². The average Bonchev–Trinajstić information content (AvgIpc) is 3.14. The maximum Gasteiger partial charge on any atom is 0.309 e. The Morgan fingerprint density at radius 2 is 1.91 bits per heavy atom. The van der Waals surface area contributed by atoms with E-state index in [1.54, 1.807) is 25.2 Å². The van der Waals surface area contributed by atoms with Crippen LogP contribution in [0, 0.1) is 18.3 Å². The third kappa shape index (κ3) is 8.02. The van der Waals surface area contributed by atoms with Crippen LogP contribution in [0.25, 0.3) is 6.08 Å². The Bertz CT molecular complexity index is 927. The van der Waals surface area contributed by atoms with Crippen LogP contribution < -0.4 is 0 Å². The van der Waals surface area contributed by atoms with E-state index in [4.69, 9.17) is 4.74 Å². The summed E-state index contributed by atoms with van der Waals surface area (Å²) in [5, 5.41) is 24.1. The Balaban J connectivity index is 2.34. The van der Waals surface area contributed by atoms with Crippen molar-refractivity contribution in [3.05, 3.63) is 45.5 Å². The summed E-state index contributed by atoms with van der Waals surface area (Å²) in [5.74, 6) is -0.956. The number of cyclic esters (lactones) is 1. The maximum atomic E-state index is 12.8. The van der Waals surface area contributed by atoms with Gasteiger partial charge in [0.2, 0.25) is 0 Å². The molecule has 6 nitrogen and oxygen atoms in total. The van der Waals surface area contributed by atoms with Gasteiger partial charge in [-0.25, -0.2) is 4.98 Å². The first-order valence-corrected chi connectivity index (χ1v) is 12.3. The Morgan fingerprint density at radius 3 is 2.55 bits per heavy atom. The molecule has 0 aromatic carbocycles. The number of esters is 1. The van der Waals surface area contributed by atoms with Crippen LogP contribution in [0.5, 0.6) is 0 Å². The molecule has 33 heavy (non-hydrogen) atoms. The predicted octanol–water partition coefficient (Wildman–Crippen LogP) is 4.80. The molecular formula is C26H37NO5S. The Kier molecular flexibility index (Phi) is 9.76. The molecule has 0 amide bonds. The van der Waals surface area contributed by atoms with Gasteiger partial charge in [0.05, 0.1) is 29.3 Å². The number of rotatable bonds is 2. The van der Waals surface area contributed by atoms with E-state index in [0.717, 1.165) is 21.8 Å². The zero-order chi connectivity index (χ0) is 24.8. The minimum atomic E-state index is -1.21. The molecule has 1 aromatic rings. The second-order valence-corrected chi connectivity index (χ2v) is 10.7. The van der Waals surface area contributed by atoms with Crippen molar-refractivity contribution in [2.24, 2.45) is 11.3 Å². The molecule has 2 N–H and O–H groups in total. The number of hydrogen-bond acceptors (Lipinski definition) is 7. The summed E-state index contributed by atoms with van der Waals surface area (Å²) < 4.78 is 5.76. The summed E-state index contributed by atoms with van der Waals surface area (Å²) in [6, 6.07) is 0. The van der Waals surface area contributed by atoms with Gasteiger partial charge in [0.15, 0.2) is 0 Å². The number of carbonyl (C=O) groups is 2. The van der Waals surface area contributed by atoms with Gasteiger partial charge >= 0.3 is 5.97 Å². The smallest absolute Gasteiger partial charge is 0.309 e. The summed E-state index contributed by atoms with van der Waals surface area (Å²) in [5.41, 5.74) is 1.50. The molecule has 0 unspecified atom stereocenters. The number of Topliss-reactive ketones (excluding diaryl/α,β-unsaturated/α-hetero) is 1. The summed E-state index contributed by atoms with van der Waals surface area (Å²) >= 11 is 1.55. The highest BCUT2D eigenvalue weighted by molar-refractivity contribution is 7.09. The molecule has 2 rings (SSSR count). The van der Waals surface area contributed by atoms with Crippen LogP contribution in [0.2, 0.25) is 0 Å². The van der Waals surface area contributed by atoms with E-state index in [9.17, 15) is 19.8 Å². The lowest BCUT2D eigenvalue weighted by Crippen LogP contribution is -2.41. The summed E-state index contributed by atoms with van der Waals surface area (Å²) in [6.07, 6.45) is 6.08. The quantitative estimate of drug-likeness (QED) is 0.597. The van der Waals surface area contributed by atoms with Crippen molar-refractivity contribution in [1.29, 1.82) is 0 Å². The van der Waals surface area contributed by atoms with Crippen LogP contribution >= 0.6 is 11.3 Å². The molecule has 1 aromatic heterocycles. The van der Waals surface area contributed by atoms with Crippen molar-refractivity contribution in [2.45, 2.75) is 85.5 Å². The molecule has 182 valence electrons. The highest BCUT2D eigenvalue weighted by Crippen LogP contribution is 2.29. The normalized spacial score (nSPS) is 30.9. The number of allylic oxidation sites excluding steroid dienone is 3. The molecule has 0 aliphatic carbocycles. The topological polar surface area (TPSA) is 96.7 Å². The van der Waals surface area contributed by atoms with E-state index in [0.29, 0.717) is 12.8 Å².